The third kappa shape index (κ3) is 2.95. The lowest BCUT2D eigenvalue weighted by Crippen LogP contribution is -2.45. The van der Waals surface area contributed by atoms with E-state index in [4.69, 9.17) is 10.5 Å². The van der Waals surface area contributed by atoms with E-state index in [1.54, 1.807) is 7.11 Å². The van der Waals surface area contributed by atoms with Gasteiger partial charge in [0.15, 0.2) is 0 Å². The van der Waals surface area contributed by atoms with Gasteiger partial charge in [-0.15, -0.1) is 0 Å². The molecule has 16 heavy (non-hydrogen) atoms. The van der Waals surface area contributed by atoms with E-state index in [1.807, 2.05) is 11.9 Å². The molecule has 0 saturated heterocycles. The van der Waals surface area contributed by atoms with Gasteiger partial charge in [-0.1, -0.05) is 12.8 Å². The summed E-state index contributed by atoms with van der Waals surface area (Å²) < 4.78 is 4.99. The lowest BCUT2D eigenvalue weighted by Gasteiger charge is -2.31. The molecule has 1 rings (SSSR count). The second-order valence-corrected chi connectivity index (χ2v) is 4.76. The first kappa shape index (κ1) is 13.5. The maximum absolute atomic E-state index is 12.3. The molecule has 0 unspecified atom stereocenters. The van der Waals surface area contributed by atoms with Crippen LogP contribution in [0.3, 0.4) is 0 Å². The molecule has 2 N–H and O–H groups in total. The molecule has 0 heterocycles. The highest BCUT2D eigenvalue weighted by molar-refractivity contribution is 5.83. The minimum Gasteiger partial charge on any atom is -0.385 e. The molecule has 0 spiro atoms. The number of ether oxygens (including phenoxy) is 1. The molecule has 4 nitrogen and oxygen atoms in total. The zero-order chi connectivity index (χ0) is 12.0. The van der Waals surface area contributed by atoms with Crippen molar-refractivity contribution in [2.24, 2.45) is 11.1 Å². The first-order valence-electron chi connectivity index (χ1n) is 6.11. The van der Waals surface area contributed by atoms with Crippen molar-refractivity contribution in [1.29, 1.82) is 0 Å². The molecule has 0 aliphatic heterocycles. The Labute approximate surface area is 98.1 Å². The van der Waals surface area contributed by atoms with Crippen molar-refractivity contribution in [2.45, 2.75) is 32.1 Å². The molecule has 0 aromatic rings. The van der Waals surface area contributed by atoms with E-state index in [0.717, 1.165) is 38.6 Å². The van der Waals surface area contributed by atoms with E-state index >= 15 is 0 Å². The lowest BCUT2D eigenvalue weighted by atomic mass is 9.85. The molecule has 0 bridgehead atoms. The molecule has 1 amide bonds. The van der Waals surface area contributed by atoms with Crippen molar-refractivity contribution in [3.63, 3.8) is 0 Å². The quantitative estimate of drug-likeness (QED) is 0.690. The predicted octanol–water partition coefficient (Wildman–Crippen LogP) is 1.00. The Hall–Kier alpha value is -0.610. The predicted molar refractivity (Wildman–Crippen MR) is 64.1 cm³/mol. The number of carbonyl (C=O) groups is 1. The van der Waals surface area contributed by atoms with Crippen LogP contribution < -0.4 is 5.73 Å². The summed E-state index contributed by atoms with van der Waals surface area (Å²) in [4.78, 5) is 14.1. The monoisotopic (exact) mass is 228 g/mol. The number of nitrogens with zero attached hydrogens (tertiary/aromatic N) is 1. The van der Waals surface area contributed by atoms with Crippen molar-refractivity contribution in [1.82, 2.24) is 4.90 Å². The molecule has 0 atom stereocenters. The van der Waals surface area contributed by atoms with Crippen LogP contribution in [-0.2, 0) is 9.53 Å². The number of hydrogen-bond acceptors (Lipinski definition) is 3. The van der Waals surface area contributed by atoms with Gasteiger partial charge < -0.3 is 15.4 Å². The smallest absolute Gasteiger partial charge is 0.229 e. The van der Waals surface area contributed by atoms with Crippen LogP contribution in [0.5, 0.6) is 0 Å². The second-order valence-electron chi connectivity index (χ2n) is 4.76. The van der Waals surface area contributed by atoms with Crippen LogP contribution in [0.1, 0.15) is 32.1 Å². The molecular formula is C12H24N2O2. The summed E-state index contributed by atoms with van der Waals surface area (Å²) in [6.07, 6.45) is 5.07. The van der Waals surface area contributed by atoms with Gasteiger partial charge in [-0.2, -0.15) is 0 Å². The molecule has 0 aromatic carbocycles. The Morgan fingerprint density at radius 1 is 1.44 bits per heavy atom. The van der Waals surface area contributed by atoms with E-state index in [1.165, 1.54) is 0 Å². The second kappa shape index (κ2) is 6.21. The van der Waals surface area contributed by atoms with E-state index in [9.17, 15) is 4.79 Å². The molecular weight excluding hydrogens is 204 g/mol. The van der Waals surface area contributed by atoms with Gasteiger partial charge in [0.25, 0.3) is 0 Å². The molecule has 4 heteroatoms. The fourth-order valence-corrected chi connectivity index (χ4v) is 2.51. The van der Waals surface area contributed by atoms with Gasteiger partial charge in [0.1, 0.15) is 0 Å². The molecule has 94 valence electrons. The molecule has 1 saturated carbocycles. The summed E-state index contributed by atoms with van der Waals surface area (Å²) in [7, 11) is 3.55. The maximum atomic E-state index is 12.3. The Kier molecular flexibility index (Phi) is 5.22. The summed E-state index contributed by atoms with van der Waals surface area (Å²) in [6.45, 7) is 1.95. The number of nitrogens with two attached hydrogens (primary N) is 1. The highest BCUT2D eigenvalue weighted by Crippen LogP contribution is 2.38. The van der Waals surface area contributed by atoms with Crippen molar-refractivity contribution in [3.8, 4) is 0 Å². The van der Waals surface area contributed by atoms with E-state index in [0.29, 0.717) is 13.2 Å². The van der Waals surface area contributed by atoms with Gasteiger partial charge >= 0.3 is 0 Å². The average Bonchev–Trinajstić information content (AvgIpc) is 2.78. The van der Waals surface area contributed by atoms with Crippen LogP contribution >= 0.6 is 0 Å². The first-order valence-corrected chi connectivity index (χ1v) is 6.11. The van der Waals surface area contributed by atoms with Crippen LogP contribution in [-0.4, -0.2) is 44.7 Å². The van der Waals surface area contributed by atoms with Crippen LogP contribution in [0.15, 0.2) is 0 Å². The molecule has 1 aliphatic carbocycles. The number of rotatable bonds is 6. The fourth-order valence-electron chi connectivity index (χ4n) is 2.51. The third-order valence-corrected chi connectivity index (χ3v) is 3.59. The number of carbonyl (C=O) groups excluding carboxylic acids is 1. The van der Waals surface area contributed by atoms with Crippen molar-refractivity contribution < 1.29 is 9.53 Å². The third-order valence-electron chi connectivity index (χ3n) is 3.59. The zero-order valence-electron chi connectivity index (χ0n) is 10.5. The number of amides is 1. The van der Waals surface area contributed by atoms with E-state index in [-0.39, 0.29) is 11.3 Å². The summed E-state index contributed by atoms with van der Waals surface area (Å²) >= 11 is 0. The molecule has 0 aromatic heterocycles. The largest absolute Gasteiger partial charge is 0.385 e. The lowest BCUT2D eigenvalue weighted by molar-refractivity contribution is -0.140. The van der Waals surface area contributed by atoms with Crippen molar-refractivity contribution >= 4 is 5.91 Å². The van der Waals surface area contributed by atoms with E-state index in [2.05, 4.69) is 0 Å². The van der Waals surface area contributed by atoms with Gasteiger partial charge in [0.2, 0.25) is 5.91 Å². The van der Waals surface area contributed by atoms with Gasteiger partial charge in [-0.25, -0.2) is 0 Å². The maximum Gasteiger partial charge on any atom is 0.229 e. The normalized spacial score (nSPS) is 18.7. The highest BCUT2D eigenvalue weighted by atomic mass is 16.5. The SMILES string of the molecule is COCCCN(C)C(=O)C1(CN)CCCC1. The summed E-state index contributed by atoms with van der Waals surface area (Å²) in [5, 5.41) is 0. The van der Waals surface area contributed by atoms with Crippen LogP contribution in [0.2, 0.25) is 0 Å². The topological polar surface area (TPSA) is 55.6 Å². The Morgan fingerprint density at radius 3 is 2.56 bits per heavy atom. The Balaban J connectivity index is 2.47. The van der Waals surface area contributed by atoms with Crippen molar-refractivity contribution in [3.05, 3.63) is 0 Å². The van der Waals surface area contributed by atoms with Crippen molar-refractivity contribution in [2.75, 3.05) is 33.9 Å². The molecule has 1 aliphatic rings. The fraction of sp³-hybridized carbons (Fsp3) is 0.917. The molecule has 0 radical (unpaired) electrons. The summed E-state index contributed by atoms with van der Waals surface area (Å²) in [6, 6.07) is 0. The van der Waals surface area contributed by atoms with Crippen LogP contribution in [0.25, 0.3) is 0 Å². The highest BCUT2D eigenvalue weighted by Gasteiger charge is 2.41. The van der Waals surface area contributed by atoms with Gasteiger partial charge in [-0.3, -0.25) is 4.79 Å². The average molecular weight is 228 g/mol. The standard InChI is InChI=1S/C12H24N2O2/c1-14(8-5-9-16-2)11(15)12(10-13)6-3-4-7-12/h3-10,13H2,1-2H3. The van der Waals surface area contributed by atoms with E-state index < -0.39 is 0 Å². The minimum atomic E-state index is -0.262. The zero-order valence-corrected chi connectivity index (χ0v) is 10.5. The van der Waals surface area contributed by atoms with Gasteiger partial charge in [0.05, 0.1) is 5.41 Å². The Morgan fingerprint density at radius 2 is 2.06 bits per heavy atom. The van der Waals surface area contributed by atoms with Gasteiger partial charge in [0, 0.05) is 33.9 Å². The summed E-state index contributed by atoms with van der Waals surface area (Å²) in [5.41, 5.74) is 5.53. The first-order chi connectivity index (χ1) is 7.66. The number of methoxy groups -OCH3 is 1. The Bertz CT molecular complexity index is 225. The van der Waals surface area contributed by atoms with Crippen LogP contribution in [0.4, 0.5) is 0 Å². The minimum absolute atomic E-state index is 0.226. The van der Waals surface area contributed by atoms with Crippen LogP contribution in [0, 0.1) is 5.41 Å². The molecule has 1 fully saturated rings. The summed E-state index contributed by atoms with van der Waals surface area (Å²) in [5.74, 6) is 0.226. The number of hydrogen-bond donors (Lipinski definition) is 1. The van der Waals surface area contributed by atoms with Gasteiger partial charge in [-0.05, 0) is 19.3 Å².